The molecule has 2 N–H and O–H groups in total. The highest BCUT2D eigenvalue weighted by Crippen LogP contribution is 2.66. The summed E-state index contributed by atoms with van der Waals surface area (Å²) in [5.41, 5.74) is -3.28. The van der Waals surface area contributed by atoms with E-state index in [2.05, 4.69) is 4.98 Å². The number of nitrogens with zero attached hydrogens (tertiary/aromatic N) is 1. The van der Waals surface area contributed by atoms with Crippen molar-refractivity contribution >= 4 is 5.78 Å². The van der Waals surface area contributed by atoms with Crippen LogP contribution in [0.1, 0.15) is 22.2 Å². The number of alkyl halides is 3. The number of hydrogen-bond acceptors (Lipinski definition) is 4. The van der Waals surface area contributed by atoms with Gasteiger partial charge >= 0.3 is 6.18 Å². The van der Waals surface area contributed by atoms with Crippen molar-refractivity contribution in [2.45, 2.75) is 17.9 Å². The first-order valence-corrected chi connectivity index (χ1v) is 5.26. The van der Waals surface area contributed by atoms with Crippen molar-refractivity contribution in [2.75, 3.05) is 0 Å². The van der Waals surface area contributed by atoms with Crippen LogP contribution in [-0.2, 0) is 0 Å². The second-order valence-corrected chi connectivity index (χ2v) is 4.57. The largest absolute Gasteiger partial charge is 0.418 e. The number of aromatic nitrogens is 1. The van der Waals surface area contributed by atoms with Gasteiger partial charge in [0.1, 0.15) is 6.10 Å². The maximum absolute atomic E-state index is 12.8. The van der Waals surface area contributed by atoms with Gasteiger partial charge in [-0.05, 0) is 12.1 Å². The summed E-state index contributed by atoms with van der Waals surface area (Å²) in [7, 11) is 0. The Labute approximate surface area is 99.1 Å². The maximum Gasteiger partial charge on any atom is 0.418 e. The third kappa shape index (κ3) is 1.13. The third-order valence-corrected chi connectivity index (χ3v) is 3.69. The molecule has 1 heterocycles. The standard InChI is InChI=1S/C11H8F3NO3/c12-11(13,14)10(18)5-6(10)9(17)7-4(8(5)16)2-1-3-15-7/h1-3,5-6,9,17-18H/t5?,6-,9?,10?/m1/s1. The van der Waals surface area contributed by atoms with Crippen molar-refractivity contribution in [3.05, 3.63) is 29.6 Å². The molecule has 0 amide bonds. The molecule has 0 spiro atoms. The van der Waals surface area contributed by atoms with E-state index in [1.165, 1.54) is 18.3 Å². The lowest BCUT2D eigenvalue weighted by Gasteiger charge is -2.18. The Kier molecular flexibility index (Phi) is 2.00. The van der Waals surface area contributed by atoms with Gasteiger partial charge in [-0.1, -0.05) is 0 Å². The molecule has 2 aliphatic carbocycles. The molecule has 0 aromatic carbocycles. The Hall–Kier alpha value is -1.47. The normalized spacial score (nSPS) is 38.1. The van der Waals surface area contributed by atoms with Gasteiger partial charge in [-0.3, -0.25) is 9.78 Å². The third-order valence-electron chi connectivity index (χ3n) is 3.69. The number of aliphatic hydroxyl groups excluding tert-OH is 1. The molecule has 7 heteroatoms. The summed E-state index contributed by atoms with van der Waals surface area (Å²) in [6.45, 7) is 0. The number of carbonyl (C=O) groups is 1. The van der Waals surface area contributed by atoms with Crippen LogP contribution in [0, 0.1) is 11.8 Å². The van der Waals surface area contributed by atoms with E-state index < -0.39 is 35.5 Å². The van der Waals surface area contributed by atoms with Gasteiger partial charge in [0.15, 0.2) is 11.4 Å². The fraction of sp³-hybridized carbons (Fsp3) is 0.455. The summed E-state index contributed by atoms with van der Waals surface area (Å²) >= 11 is 0. The average Bonchev–Trinajstić information content (AvgIpc) is 2.95. The maximum atomic E-state index is 12.8. The molecular formula is C11H8F3NO3. The van der Waals surface area contributed by atoms with Crippen LogP contribution in [-0.4, -0.2) is 32.8 Å². The Morgan fingerprint density at radius 1 is 1.39 bits per heavy atom. The second kappa shape index (κ2) is 3.10. The Bertz CT molecular complexity index is 545. The van der Waals surface area contributed by atoms with E-state index in [0.29, 0.717) is 0 Å². The zero-order valence-electron chi connectivity index (χ0n) is 8.85. The molecule has 1 saturated carbocycles. The van der Waals surface area contributed by atoms with Crippen LogP contribution in [0.2, 0.25) is 0 Å². The van der Waals surface area contributed by atoms with E-state index in [9.17, 15) is 28.2 Å². The first-order valence-electron chi connectivity index (χ1n) is 5.26. The first kappa shape index (κ1) is 11.6. The molecule has 1 aromatic rings. The number of Topliss-reactive ketones (excluding diaryl/α,β-unsaturated/α-hetero) is 1. The molecule has 4 nitrogen and oxygen atoms in total. The smallest absolute Gasteiger partial charge is 0.386 e. The zero-order valence-corrected chi connectivity index (χ0v) is 8.85. The molecule has 0 bridgehead atoms. The molecule has 0 aliphatic heterocycles. The van der Waals surface area contributed by atoms with Gasteiger partial charge in [0, 0.05) is 17.7 Å². The van der Waals surface area contributed by atoms with Gasteiger partial charge in [0.05, 0.1) is 11.6 Å². The van der Waals surface area contributed by atoms with E-state index in [1.807, 2.05) is 0 Å². The number of fused-ring (bicyclic) bond motifs is 2. The quantitative estimate of drug-likeness (QED) is 0.724. The minimum Gasteiger partial charge on any atom is -0.386 e. The lowest BCUT2D eigenvalue weighted by atomic mass is 9.93. The number of pyridine rings is 1. The van der Waals surface area contributed by atoms with Crippen LogP contribution in [0.15, 0.2) is 18.3 Å². The SMILES string of the molecule is O=C1c2cccnc2C(O)[C@H]2C1C2(O)C(F)(F)F. The Morgan fingerprint density at radius 3 is 2.67 bits per heavy atom. The average molecular weight is 259 g/mol. The summed E-state index contributed by atoms with van der Waals surface area (Å²) in [6.07, 6.45) is -5.23. The highest BCUT2D eigenvalue weighted by Gasteiger charge is 2.83. The molecule has 4 atom stereocenters. The Morgan fingerprint density at radius 2 is 2.06 bits per heavy atom. The van der Waals surface area contributed by atoms with E-state index in [4.69, 9.17) is 0 Å². The molecule has 2 aliphatic rings. The number of halogens is 3. The fourth-order valence-corrected chi connectivity index (χ4v) is 2.75. The van der Waals surface area contributed by atoms with Crippen molar-refractivity contribution in [1.29, 1.82) is 0 Å². The number of hydrogen-bond donors (Lipinski definition) is 2. The molecule has 3 unspecified atom stereocenters. The second-order valence-electron chi connectivity index (χ2n) is 4.57. The van der Waals surface area contributed by atoms with Gasteiger partial charge in [0.25, 0.3) is 0 Å². The number of aliphatic hydroxyl groups is 2. The molecule has 3 rings (SSSR count). The number of ketones is 1. The van der Waals surface area contributed by atoms with Crippen molar-refractivity contribution in [3.63, 3.8) is 0 Å². The van der Waals surface area contributed by atoms with Crippen molar-refractivity contribution < 1.29 is 28.2 Å². The fourth-order valence-electron chi connectivity index (χ4n) is 2.75. The van der Waals surface area contributed by atoms with Crippen LogP contribution in [0.3, 0.4) is 0 Å². The summed E-state index contributed by atoms with van der Waals surface area (Å²) < 4.78 is 38.3. The van der Waals surface area contributed by atoms with E-state index in [1.54, 1.807) is 0 Å². The van der Waals surface area contributed by atoms with E-state index in [0.717, 1.165) is 0 Å². The highest BCUT2D eigenvalue weighted by molar-refractivity contribution is 6.03. The van der Waals surface area contributed by atoms with Crippen LogP contribution in [0.5, 0.6) is 0 Å². The summed E-state index contributed by atoms with van der Waals surface area (Å²) in [5, 5.41) is 19.4. The summed E-state index contributed by atoms with van der Waals surface area (Å²) in [6, 6.07) is 2.71. The van der Waals surface area contributed by atoms with Gasteiger partial charge in [0.2, 0.25) is 0 Å². The molecule has 1 fully saturated rings. The van der Waals surface area contributed by atoms with Gasteiger partial charge < -0.3 is 10.2 Å². The molecule has 0 saturated heterocycles. The molecule has 1 aromatic heterocycles. The van der Waals surface area contributed by atoms with Crippen LogP contribution in [0.4, 0.5) is 13.2 Å². The first-order chi connectivity index (χ1) is 8.30. The number of rotatable bonds is 0. The highest BCUT2D eigenvalue weighted by atomic mass is 19.4. The lowest BCUT2D eigenvalue weighted by Crippen LogP contribution is -2.35. The lowest BCUT2D eigenvalue weighted by molar-refractivity contribution is -0.230. The minimum atomic E-state index is -4.94. The van der Waals surface area contributed by atoms with Gasteiger partial charge in [-0.15, -0.1) is 0 Å². The van der Waals surface area contributed by atoms with Gasteiger partial charge in [-0.2, -0.15) is 13.2 Å². The van der Waals surface area contributed by atoms with Crippen LogP contribution in [0.25, 0.3) is 0 Å². The van der Waals surface area contributed by atoms with Gasteiger partial charge in [-0.25, -0.2) is 0 Å². The monoisotopic (exact) mass is 259 g/mol. The summed E-state index contributed by atoms with van der Waals surface area (Å²) in [4.78, 5) is 15.6. The Balaban J connectivity index is 2.11. The van der Waals surface area contributed by atoms with Crippen molar-refractivity contribution in [2.24, 2.45) is 11.8 Å². The molecule has 0 radical (unpaired) electrons. The topological polar surface area (TPSA) is 70.4 Å². The van der Waals surface area contributed by atoms with E-state index >= 15 is 0 Å². The van der Waals surface area contributed by atoms with Crippen molar-refractivity contribution in [1.82, 2.24) is 4.98 Å². The predicted molar refractivity (Wildman–Crippen MR) is 51.5 cm³/mol. The molecule has 96 valence electrons. The number of carbonyl (C=O) groups excluding carboxylic acids is 1. The molecular weight excluding hydrogens is 251 g/mol. The van der Waals surface area contributed by atoms with Crippen LogP contribution < -0.4 is 0 Å². The predicted octanol–water partition coefficient (Wildman–Crippen LogP) is 0.851. The minimum absolute atomic E-state index is 0.0496. The zero-order chi connectivity index (χ0) is 13.3. The van der Waals surface area contributed by atoms with E-state index in [-0.39, 0.29) is 11.3 Å². The van der Waals surface area contributed by atoms with Crippen molar-refractivity contribution in [3.8, 4) is 0 Å². The molecule has 18 heavy (non-hydrogen) atoms. The summed E-state index contributed by atoms with van der Waals surface area (Å²) in [5.74, 6) is -3.98. The van der Waals surface area contributed by atoms with Crippen LogP contribution >= 0.6 is 0 Å².